The van der Waals surface area contributed by atoms with E-state index in [1.54, 1.807) is 0 Å². The van der Waals surface area contributed by atoms with Crippen molar-refractivity contribution in [3.05, 3.63) is 0 Å². The second-order valence-electron chi connectivity index (χ2n) is 1.36. The average molecular weight is 492 g/mol. The molecule has 0 bridgehead atoms. The van der Waals surface area contributed by atoms with Gasteiger partial charge in [0, 0.05) is 0 Å². The van der Waals surface area contributed by atoms with Gasteiger partial charge in [-0.2, -0.15) is 15.6 Å². The Kier molecular flexibility index (Phi) is 32.1. The molecule has 0 unspecified atom stereocenters. The van der Waals surface area contributed by atoms with Gasteiger partial charge in [0.25, 0.3) is 0 Å². The van der Waals surface area contributed by atoms with Gasteiger partial charge in [0.2, 0.25) is 0 Å². The number of rotatable bonds is 0. The molecule has 0 saturated heterocycles. The van der Waals surface area contributed by atoms with E-state index in [0.717, 1.165) is 0 Å². The molecule has 0 fully saturated rings. The maximum atomic E-state index is 8.66. The van der Waals surface area contributed by atoms with Crippen LogP contribution in [-0.2, 0) is 73.7 Å². The zero-order chi connectivity index (χ0) is 13.5. The van der Waals surface area contributed by atoms with Gasteiger partial charge >= 0.3 is 60.1 Å². The van der Waals surface area contributed by atoms with Gasteiger partial charge in [-0.3, -0.25) is 0 Å². The molecule has 0 amide bonds. The first-order valence-corrected chi connectivity index (χ1v) is 6.62. The summed E-state index contributed by atoms with van der Waals surface area (Å²) in [4.78, 5) is 75.6. The minimum atomic E-state index is -5.39. The first kappa shape index (κ1) is 36.9. The Morgan fingerprint density at radius 2 is 0.667 bits per heavy atom. The van der Waals surface area contributed by atoms with Crippen LogP contribution in [0.5, 0.6) is 0 Å². The molecule has 0 saturated carbocycles. The topological polar surface area (TPSA) is 256 Å². The molecule has 1 N–H and O–H groups in total. The van der Waals surface area contributed by atoms with E-state index in [1.807, 2.05) is 0 Å². The fourth-order valence-electron chi connectivity index (χ4n) is 0. The van der Waals surface area contributed by atoms with Crippen molar-refractivity contribution in [2.45, 2.75) is 0 Å². The van der Waals surface area contributed by atoms with Crippen LogP contribution < -0.4 is 39.1 Å². The predicted molar refractivity (Wildman–Crippen MR) is 25.0 cm³/mol. The third kappa shape index (κ3) is 1080. The van der Waals surface area contributed by atoms with Crippen LogP contribution in [0.2, 0.25) is 0 Å². The van der Waals surface area contributed by atoms with Crippen molar-refractivity contribution in [2.75, 3.05) is 0 Å². The van der Waals surface area contributed by atoms with Crippen molar-refractivity contribution < 1.29 is 118 Å². The van der Waals surface area contributed by atoms with Crippen molar-refractivity contribution in [3.63, 3.8) is 0 Å². The summed E-state index contributed by atoms with van der Waals surface area (Å²) in [6, 6.07) is 0. The Labute approximate surface area is 140 Å². The van der Waals surface area contributed by atoms with Crippen LogP contribution in [0.3, 0.4) is 0 Å². The standard InChI is InChI=1S/Co.Fe.3H3O4P.Zr/c;;3*1-5(2,3)4;/h;;3*(H3,1,2,3,4);/q2*+2;;;;+4/p-8. The van der Waals surface area contributed by atoms with E-state index >= 15 is 0 Å². The minimum Gasteiger partial charge on any atom is -0.822 e. The summed E-state index contributed by atoms with van der Waals surface area (Å²) >= 11 is 0. The van der Waals surface area contributed by atoms with Gasteiger partial charge in [-0.15, -0.1) is 0 Å². The van der Waals surface area contributed by atoms with Crippen molar-refractivity contribution in [1.29, 1.82) is 0 Å². The molecule has 18 heteroatoms. The van der Waals surface area contributed by atoms with Gasteiger partial charge in [0.15, 0.2) is 0 Å². The molecule has 1 radical (unpaired) electrons. The maximum Gasteiger partial charge on any atom is 4.00 e. The van der Waals surface area contributed by atoms with Crippen molar-refractivity contribution >= 4 is 23.5 Å². The molecule has 18 heavy (non-hydrogen) atoms. The summed E-state index contributed by atoms with van der Waals surface area (Å²) < 4.78 is 25.8. The molecule has 0 aliphatic heterocycles. The second-order valence-corrected chi connectivity index (χ2v) is 4.09. The van der Waals surface area contributed by atoms with E-state index in [-0.39, 0.29) is 60.1 Å². The first-order valence-electron chi connectivity index (χ1n) is 2.21. The summed E-state index contributed by atoms with van der Waals surface area (Å²) in [6.07, 6.45) is 0. The van der Waals surface area contributed by atoms with Crippen molar-refractivity contribution in [2.24, 2.45) is 0 Å². The van der Waals surface area contributed by atoms with Gasteiger partial charge in [-0.1, -0.05) is 0 Å². The zero-order valence-corrected chi connectivity index (χ0v) is 14.8. The maximum absolute atomic E-state index is 8.66. The predicted octanol–water partition coefficient (Wildman–Crippen LogP) is -7.85. The van der Waals surface area contributed by atoms with Gasteiger partial charge in [0.1, 0.15) is 0 Å². The van der Waals surface area contributed by atoms with Gasteiger partial charge in [0.05, 0.1) is 7.82 Å². The van der Waals surface area contributed by atoms with E-state index in [4.69, 9.17) is 57.7 Å². The summed E-state index contributed by atoms with van der Waals surface area (Å²) in [6.45, 7) is 0. The molecule has 0 aliphatic carbocycles. The second kappa shape index (κ2) is 15.6. The molecule has 12 nitrogen and oxygen atoms in total. The number of hydrogen-bond acceptors (Lipinski definition) is 11. The van der Waals surface area contributed by atoms with Crippen molar-refractivity contribution in [1.82, 2.24) is 0 Å². The Bertz CT molecular complexity index is 213. The van der Waals surface area contributed by atoms with Crippen LogP contribution in [0.25, 0.3) is 0 Å². The first-order chi connectivity index (χ1) is 6.00. The molecule has 0 aromatic carbocycles. The van der Waals surface area contributed by atoms with E-state index < -0.39 is 23.5 Å². The van der Waals surface area contributed by atoms with Crippen molar-refractivity contribution in [3.8, 4) is 0 Å². The third-order valence-corrected chi connectivity index (χ3v) is 0. The Balaban J connectivity index is -0.0000000277. The summed E-state index contributed by atoms with van der Waals surface area (Å²) in [5.74, 6) is 0. The normalized spacial score (nSPS) is 9.83. The van der Waals surface area contributed by atoms with Gasteiger partial charge in [-0.25, -0.2) is 0 Å². The zero-order valence-electron chi connectivity index (χ0n) is 7.47. The molecule has 0 heterocycles. The summed E-state index contributed by atoms with van der Waals surface area (Å²) in [5, 5.41) is 0. The minimum absolute atomic E-state index is 0. The van der Waals surface area contributed by atoms with E-state index in [0.29, 0.717) is 0 Å². The van der Waals surface area contributed by atoms with Gasteiger partial charge in [-0.05, 0) is 0 Å². The molecule has 109 valence electrons. The molecular weight excluding hydrogens is 491 g/mol. The Morgan fingerprint density at radius 3 is 0.667 bits per heavy atom. The molecular formula is HCoFeO12P3Zr. The average Bonchev–Trinajstić information content (AvgIpc) is 1.41. The largest absolute Gasteiger partial charge is 4.00 e. The molecule has 0 aliphatic rings. The summed E-state index contributed by atoms with van der Waals surface area (Å²) in [5.41, 5.74) is 0. The summed E-state index contributed by atoms with van der Waals surface area (Å²) in [7, 11) is -15.9. The molecule has 0 aromatic rings. The Morgan fingerprint density at radius 1 is 0.667 bits per heavy atom. The van der Waals surface area contributed by atoms with Gasteiger partial charge < -0.3 is 57.7 Å². The fraction of sp³-hybridized carbons (Fsp3) is 0. The fourth-order valence-corrected chi connectivity index (χ4v) is 0. The van der Waals surface area contributed by atoms with Crippen LogP contribution >= 0.6 is 23.5 Å². The molecule has 0 rings (SSSR count). The van der Waals surface area contributed by atoms with Crippen LogP contribution in [0.4, 0.5) is 0 Å². The number of hydrogen-bond donors (Lipinski definition) is 1. The van der Waals surface area contributed by atoms with Crippen LogP contribution in [0, 0.1) is 0 Å². The molecule has 0 atom stereocenters. The monoisotopic (exact) mass is 491 g/mol. The van der Waals surface area contributed by atoms with E-state index in [9.17, 15) is 0 Å². The number of phosphoric acid groups is 3. The van der Waals surface area contributed by atoms with Crippen LogP contribution in [0.15, 0.2) is 0 Å². The van der Waals surface area contributed by atoms with E-state index in [1.165, 1.54) is 0 Å². The molecule has 0 spiro atoms. The third-order valence-electron chi connectivity index (χ3n) is 0. The molecule has 0 aromatic heterocycles. The smallest absolute Gasteiger partial charge is 0.822 e. The van der Waals surface area contributed by atoms with Crippen LogP contribution in [-0.4, -0.2) is 4.89 Å². The van der Waals surface area contributed by atoms with E-state index in [2.05, 4.69) is 0 Å². The quantitative estimate of drug-likeness (QED) is 0.244. The SMILES string of the molecule is O=P([O-])([O-])O.O=P([O-])([O-])[O-].O=P([O-])([O-])[O-].[Co+2].[Fe+2].[Zr+4]. The Hall–Kier alpha value is 2.24. The van der Waals surface area contributed by atoms with Crippen LogP contribution in [0.1, 0.15) is 0 Å².